The second kappa shape index (κ2) is 8.59. The Bertz CT molecular complexity index is 892. The maximum Gasteiger partial charge on any atom is 0.337 e. The highest BCUT2D eigenvalue weighted by atomic mass is 32.2. The standard InChI is InChI=1S/C18H20N2O5S/c1-3-20-26(23,24)16-6-4-5-15(11-16)17(21)19-12-13-7-9-14(10-8-13)18(22)25-2/h4-11,20H,3,12H2,1-2H3,(H,19,21). The van der Waals surface area contributed by atoms with Gasteiger partial charge in [-0.3, -0.25) is 4.79 Å². The molecule has 1 amide bonds. The molecule has 2 N–H and O–H groups in total. The van der Waals surface area contributed by atoms with Gasteiger partial charge in [-0.05, 0) is 35.9 Å². The van der Waals surface area contributed by atoms with Gasteiger partial charge in [0, 0.05) is 18.7 Å². The molecule has 0 unspecified atom stereocenters. The molecule has 7 nitrogen and oxygen atoms in total. The molecule has 0 bridgehead atoms. The van der Waals surface area contributed by atoms with E-state index in [1.165, 1.54) is 25.3 Å². The molecule has 2 aromatic rings. The molecular formula is C18H20N2O5S. The van der Waals surface area contributed by atoms with Gasteiger partial charge in [-0.2, -0.15) is 0 Å². The van der Waals surface area contributed by atoms with Crippen molar-refractivity contribution in [2.24, 2.45) is 0 Å². The Labute approximate surface area is 152 Å². The summed E-state index contributed by atoms with van der Waals surface area (Å²) in [6.07, 6.45) is 0. The molecule has 0 aliphatic heterocycles. The Kier molecular flexibility index (Phi) is 6.48. The number of sulfonamides is 1. The average molecular weight is 376 g/mol. The van der Waals surface area contributed by atoms with E-state index in [1.54, 1.807) is 37.3 Å². The zero-order chi connectivity index (χ0) is 19.2. The number of benzene rings is 2. The summed E-state index contributed by atoms with van der Waals surface area (Å²) in [7, 11) is -2.32. The van der Waals surface area contributed by atoms with E-state index in [0.29, 0.717) is 5.56 Å². The Morgan fingerprint density at radius 2 is 1.73 bits per heavy atom. The van der Waals surface area contributed by atoms with Crippen LogP contribution in [0.4, 0.5) is 0 Å². The first kappa shape index (κ1) is 19.6. The maximum absolute atomic E-state index is 12.3. The number of hydrogen-bond acceptors (Lipinski definition) is 5. The Hall–Kier alpha value is -2.71. The number of carbonyl (C=O) groups is 2. The lowest BCUT2D eigenvalue weighted by atomic mass is 10.1. The van der Waals surface area contributed by atoms with E-state index >= 15 is 0 Å². The van der Waals surface area contributed by atoms with Crippen LogP contribution in [0.2, 0.25) is 0 Å². The van der Waals surface area contributed by atoms with E-state index in [9.17, 15) is 18.0 Å². The molecule has 0 aromatic heterocycles. The number of amides is 1. The zero-order valence-electron chi connectivity index (χ0n) is 14.5. The van der Waals surface area contributed by atoms with Crippen LogP contribution in [0.25, 0.3) is 0 Å². The van der Waals surface area contributed by atoms with Crippen molar-refractivity contribution in [2.45, 2.75) is 18.4 Å². The normalized spacial score (nSPS) is 11.0. The van der Waals surface area contributed by atoms with Crippen LogP contribution in [0, 0.1) is 0 Å². The summed E-state index contributed by atoms with van der Waals surface area (Å²) in [6.45, 7) is 2.18. The molecule has 0 fully saturated rings. The van der Waals surface area contributed by atoms with E-state index < -0.39 is 21.9 Å². The third-order valence-electron chi connectivity index (χ3n) is 3.57. The van der Waals surface area contributed by atoms with Gasteiger partial charge in [0.15, 0.2) is 0 Å². The lowest BCUT2D eigenvalue weighted by molar-refractivity contribution is 0.0600. The van der Waals surface area contributed by atoms with Crippen molar-refractivity contribution < 1.29 is 22.7 Å². The topological polar surface area (TPSA) is 102 Å². The highest BCUT2D eigenvalue weighted by Crippen LogP contribution is 2.12. The predicted molar refractivity (Wildman–Crippen MR) is 96.3 cm³/mol. The summed E-state index contributed by atoms with van der Waals surface area (Å²) in [5.41, 5.74) is 1.46. The van der Waals surface area contributed by atoms with E-state index in [2.05, 4.69) is 14.8 Å². The van der Waals surface area contributed by atoms with Crippen LogP contribution in [0.3, 0.4) is 0 Å². The summed E-state index contributed by atoms with van der Waals surface area (Å²) in [4.78, 5) is 23.7. The van der Waals surface area contributed by atoms with Gasteiger partial charge in [0.1, 0.15) is 0 Å². The first-order chi connectivity index (χ1) is 12.4. The summed E-state index contributed by atoms with van der Waals surface area (Å²) >= 11 is 0. The monoisotopic (exact) mass is 376 g/mol. The molecule has 2 rings (SSSR count). The third kappa shape index (κ3) is 4.90. The van der Waals surface area contributed by atoms with Gasteiger partial charge in [0.25, 0.3) is 5.91 Å². The van der Waals surface area contributed by atoms with Gasteiger partial charge in [-0.1, -0.05) is 25.1 Å². The lowest BCUT2D eigenvalue weighted by Crippen LogP contribution is -2.25. The molecular weight excluding hydrogens is 356 g/mol. The van der Waals surface area contributed by atoms with Crippen molar-refractivity contribution in [3.05, 3.63) is 65.2 Å². The van der Waals surface area contributed by atoms with Gasteiger partial charge in [0.2, 0.25) is 10.0 Å². The van der Waals surface area contributed by atoms with E-state index in [1.807, 2.05) is 0 Å². The maximum atomic E-state index is 12.3. The van der Waals surface area contributed by atoms with Crippen molar-refractivity contribution >= 4 is 21.9 Å². The number of nitrogens with one attached hydrogen (secondary N) is 2. The van der Waals surface area contributed by atoms with Crippen LogP contribution in [-0.2, 0) is 21.3 Å². The summed E-state index contributed by atoms with van der Waals surface area (Å²) in [6, 6.07) is 12.4. The van der Waals surface area contributed by atoms with Gasteiger partial charge in [-0.15, -0.1) is 0 Å². The van der Waals surface area contributed by atoms with Gasteiger partial charge in [0.05, 0.1) is 17.6 Å². The summed E-state index contributed by atoms with van der Waals surface area (Å²) < 4.78 is 31.0. The minimum atomic E-state index is -3.62. The number of carbonyl (C=O) groups excluding carboxylic acids is 2. The number of ether oxygens (including phenoxy) is 1. The van der Waals surface area contributed by atoms with Crippen LogP contribution < -0.4 is 10.0 Å². The van der Waals surface area contributed by atoms with E-state index in [0.717, 1.165) is 5.56 Å². The van der Waals surface area contributed by atoms with Crippen LogP contribution in [0.5, 0.6) is 0 Å². The van der Waals surface area contributed by atoms with E-state index in [-0.39, 0.29) is 23.5 Å². The molecule has 138 valence electrons. The van der Waals surface area contributed by atoms with Crippen molar-refractivity contribution in [3.8, 4) is 0 Å². The number of rotatable bonds is 7. The minimum Gasteiger partial charge on any atom is -0.465 e. The quantitative estimate of drug-likeness (QED) is 0.716. The SMILES string of the molecule is CCNS(=O)(=O)c1cccc(C(=O)NCc2ccc(C(=O)OC)cc2)c1. The predicted octanol–water partition coefficient (Wildman–Crippen LogP) is 1.70. The van der Waals surface area contributed by atoms with Crippen LogP contribution in [-0.4, -0.2) is 33.9 Å². The molecule has 0 spiro atoms. The summed E-state index contributed by atoms with van der Waals surface area (Å²) in [5.74, 6) is -0.824. The molecule has 0 aliphatic carbocycles. The second-order valence-corrected chi connectivity index (χ2v) is 7.17. The fraction of sp³-hybridized carbons (Fsp3) is 0.222. The van der Waals surface area contributed by atoms with Crippen molar-refractivity contribution in [3.63, 3.8) is 0 Å². The Morgan fingerprint density at radius 3 is 2.35 bits per heavy atom. The molecule has 0 heterocycles. The molecule has 0 atom stereocenters. The molecule has 26 heavy (non-hydrogen) atoms. The Morgan fingerprint density at radius 1 is 1.04 bits per heavy atom. The lowest BCUT2D eigenvalue weighted by Gasteiger charge is -2.08. The first-order valence-electron chi connectivity index (χ1n) is 7.92. The molecule has 0 saturated carbocycles. The molecule has 2 aromatic carbocycles. The zero-order valence-corrected chi connectivity index (χ0v) is 15.3. The van der Waals surface area contributed by atoms with Crippen LogP contribution in [0.15, 0.2) is 53.4 Å². The smallest absolute Gasteiger partial charge is 0.337 e. The minimum absolute atomic E-state index is 0.0365. The largest absolute Gasteiger partial charge is 0.465 e. The van der Waals surface area contributed by atoms with Gasteiger partial charge in [-0.25, -0.2) is 17.9 Å². The van der Waals surface area contributed by atoms with Crippen molar-refractivity contribution in [1.82, 2.24) is 10.0 Å². The van der Waals surface area contributed by atoms with Crippen LogP contribution in [0.1, 0.15) is 33.2 Å². The highest BCUT2D eigenvalue weighted by molar-refractivity contribution is 7.89. The van der Waals surface area contributed by atoms with Crippen molar-refractivity contribution in [2.75, 3.05) is 13.7 Å². The first-order valence-corrected chi connectivity index (χ1v) is 9.41. The number of hydrogen-bond donors (Lipinski definition) is 2. The van der Waals surface area contributed by atoms with E-state index in [4.69, 9.17) is 0 Å². The van der Waals surface area contributed by atoms with Gasteiger partial charge >= 0.3 is 5.97 Å². The number of esters is 1. The fourth-order valence-electron chi connectivity index (χ4n) is 2.24. The van der Waals surface area contributed by atoms with Crippen molar-refractivity contribution in [1.29, 1.82) is 0 Å². The van der Waals surface area contributed by atoms with Crippen LogP contribution >= 0.6 is 0 Å². The molecule has 0 saturated heterocycles. The fourth-order valence-corrected chi connectivity index (χ4v) is 3.33. The molecule has 0 radical (unpaired) electrons. The second-order valence-electron chi connectivity index (χ2n) is 5.40. The van der Waals surface area contributed by atoms with Gasteiger partial charge < -0.3 is 10.1 Å². The molecule has 8 heteroatoms. The summed E-state index contributed by atoms with van der Waals surface area (Å²) in [5, 5.41) is 2.72. The number of methoxy groups -OCH3 is 1. The average Bonchev–Trinajstić information content (AvgIpc) is 2.66. The highest BCUT2D eigenvalue weighted by Gasteiger charge is 2.15. The Balaban J connectivity index is 2.05. The molecule has 0 aliphatic rings. The third-order valence-corrected chi connectivity index (χ3v) is 5.11.